The van der Waals surface area contributed by atoms with Crippen molar-refractivity contribution < 1.29 is 4.39 Å². The summed E-state index contributed by atoms with van der Waals surface area (Å²) in [4.78, 5) is 12.1. The number of halogens is 2. The second-order valence-corrected chi connectivity index (χ2v) is 4.60. The van der Waals surface area contributed by atoms with Gasteiger partial charge >= 0.3 is 0 Å². The predicted molar refractivity (Wildman–Crippen MR) is 78.0 cm³/mol. The van der Waals surface area contributed by atoms with Crippen molar-refractivity contribution in [3.8, 4) is 0 Å². The van der Waals surface area contributed by atoms with Crippen molar-refractivity contribution >= 4 is 29.2 Å². The number of anilines is 3. The molecule has 0 bridgehead atoms. The third kappa shape index (κ3) is 3.77. The average molecular weight is 296 g/mol. The van der Waals surface area contributed by atoms with E-state index < -0.39 is 0 Å². The van der Waals surface area contributed by atoms with Gasteiger partial charge in [0.15, 0.2) is 0 Å². The first-order chi connectivity index (χ1) is 9.58. The van der Waals surface area contributed by atoms with Crippen LogP contribution in [0, 0.1) is 12.7 Å². The Kier molecular flexibility index (Phi) is 4.68. The van der Waals surface area contributed by atoms with Crippen molar-refractivity contribution in [3.63, 3.8) is 0 Å². The molecular formula is C13H15ClFN5. The van der Waals surface area contributed by atoms with Gasteiger partial charge in [-0.15, -0.1) is 0 Å². The lowest BCUT2D eigenvalue weighted by Crippen LogP contribution is -2.08. The first-order valence-corrected chi connectivity index (χ1v) is 6.65. The molecule has 1 aromatic heterocycles. The fourth-order valence-electron chi connectivity index (χ4n) is 1.57. The van der Waals surface area contributed by atoms with E-state index in [2.05, 4.69) is 25.6 Å². The van der Waals surface area contributed by atoms with Gasteiger partial charge in [-0.3, -0.25) is 0 Å². The minimum atomic E-state index is -0.331. The number of aryl methyl sites for hydroxylation is 1. The fraction of sp³-hybridized carbons (Fsp3) is 0.308. The van der Waals surface area contributed by atoms with Crippen LogP contribution < -0.4 is 10.6 Å². The zero-order chi connectivity index (χ0) is 14.5. The molecule has 0 fully saturated rings. The summed E-state index contributed by atoms with van der Waals surface area (Å²) in [5, 5.41) is 6.05. The highest BCUT2D eigenvalue weighted by Crippen LogP contribution is 2.20. The number of hydrogen-bond acceptors (Lipinski definition) is 5. The van der Waals surface area contributed by atoms with Crippen molar-refractivity contribution in [2.24, 2.45) is 0 Å². The molecule has 2 aromatic rings. The van der Waals surface area contributed by atoms with Gasteiger partial charge in [0.1, 0.15) is 5.82 Å². The smallest absolute Gasteiger partial charge is 0.233 e. The molecule has 106 valence electrons. The van der Waals surface area contributed by atoms with Gasteiger partial charge in [0, 0.05) is 12.2 Å². The predicted octanol–water partition coefficient (Wildman–Crippen LogP) is 3.54. The molecule has 20 heavy (non-hydrogen) atoms. The van der Waals surface area contributed by atoms with Gasteiger partial charge in [0.05, 0.1) is 0 Å². The molecule has 0 atom stereocenters. The van der Waals surface area contributed by atoms with E-state index in [1.54, 1.807) is 6.07 Å². The van der Waals surface area contributed by atoms with E-state index in [-0.39, 0.29) is 17.0 Å². The average Bonchev–Trinajstić information content (AvgIpc) is 2.40. The number of rotatable bonds is 5. The maximum absolute atomic E-state index is 13.2. The summed E-state index contributed by atoms with van der Waals surface area (Å²) in [6.07, 6.45) is 0.940. The maximum atomic E-state index is 13.2. The standard InChI is InChI=1S/C13H15ClFN5/c1-3-6-16-12-18-11(14)19-13(20-12)17-10-7-9(15)5-4-8(10)2/h4-5,7H,3,6H2,1-2H3,(H2,16,17,18,19,20). The second-order valence-electron chi connectivity index (χ2n) is 4.26. The highest BCUT2D eigenvalue weighted by molar-refractivity contribution is 6.28. The molecule has 0 radical (unpaired) electrons. The lowest BCUT2D eigenvalue weighted by molar-refractivity contribution is 0.628. The van der Waals surface area contributed by atoms with Crippen molar-refractivity contribution in [2.45, 2.75) is 20.3 Å². The molecule has 0 saturated heterocycles. The largest absolute Gasteiger partial charge is 0.354 e. The minimum Gasteiger partial charge on any atom is -0.354 e. The van der Waals surface area contributed by atoms with Crippen LogP contribution in [-0.4, -0.2) is 21.5 Å². The Morgan fingerprint density at radius 2 is 1.95 bits per heavy atom. The molecule has 1 heterocycles. The van der Waals surface area contributed by atoms with Crippen LogP contribution in [0.5, 0.6) is 0 Å². The van der Waals surface area contributed by atoms with Gasteiger partial charge in [-0.25, -0.2) is 4.39 Å². The van der Waals surface area contributed by atoms with Gasteiger partial charge in [-0.1, -0.05) is 13.0 Å². The van der Waals surface area contributed by atoms with E-state index in [4.69, 9.17) is 11.6 Å². The molecule has 0 aliphatic heterocycles. The number of aromatic nitrogens is 3. The fourth-order valence-corrected chi connectivity index (χ4v) is 1.73. The summed E-state index contributed by atoms with van der Waals surface area (Å²) in [6, 6.07) is 4.46. The second kappa shape index (κ2) is 6.47. The zero-order valence-electron chi connectivity index (χ0n) is 11.2. The van der Waals surface area contributed by atoms with Crippen LogP contribution in [0.1, 0.15) is 18.9 Å². The lowest BCUT2D eigenvalue weighted by atomic mass is 10.2. The summed E-state index contributed by atoms with van der Waals surface area (Å²) >= 11 is 5.85. The van der Waals surface area contributed by atoms with Gasteiger partial charge in [-0.05, 0) is 42.6 Å². The SMILES string of the molecule is CCCNc1nc(Cl)nc(Nc2cc(F)ccc2C)n1. The molecule has 0 amide bonds. The van der Waals surface area contributed by atoms with Crippen LogP contribution in [0.2, 0.25) is 5.28 Å². The third-order valence-electron chi connectivity index (χ3n) is 2.59. The molecule has 2 rings (SSSR count). The van der Waals surface area contributed by atoms with Gasteiger partial charge in [0.25, 0.3) is 0 Å². The van der Waals surface area contributed by atoms with Crippen molar-refractivity contribution in [2.75, 3.05) is 17.2 Å². The van der Waals surface area contributed by atoms with Crippen molar-refractivity contribution in [1.29, 1.82) is 0 Å². The summed E-state index contributed by atoms with van der Waals surface area (Å²) in [5.74, 6) is 0.336. The molecule has 0 unspecified atom stereocenters. The molecule has 0 spiro atoms. The summed E-state index contributed by atoms with van der Waals surface area (Å²) in [6.45, 7) is 4.63. The molecule has 1 aromatic carbocycles. The Morgan fingerprint density at radius 3 is 2.70 bits per heavy atom. The molecule has 0 aliphatic rings. The maximum Gasteiger partial charge on any atom is 0.233 e. The lowest BCUT2D eigenvalue weighted by Gasteiger charge is -2.10. The monoisotopic (exact) mass is 295 g/mol. The van der Waals surface area contributed by atoms with E-state index in [1.165, 1.54) is 12.1 Å². The van der Waals surface area contributed by atoms with Gasteiger partial charge in [-0.2, -0.15) is 15.0 Å². The van der Waals surface area contributed by atoms with E-state index >= 15 is 0 Å². The topological polar surface area (TPSA) is 62.7 Å². The number of nitrogens with zero attached hydrogens (tertiary/aromatic N) is 3. The van der Waals surface area contributed by atoms with Gasteiger partial charge < -0.3 is 10.6 Å². The molecular weight excluding hydrogens is 281 g/mol. The van der Waals surface area contributed by atoms with E-state index in [0.717, 1.165) is 18.5 Å². The first-order valence-electron chi connectivity index (χ1n) is 6.27. The van der Waals surface area contributed by atoms with Crippen LogP contribution in [0.3, 0.4) is 0 Å². The molecule has 0 aliphatic carbocycles. The van der Waals surface area contributed by atoms with Crippen molar-refractivity contribution in [1.82, 2.24) is 15.0 Å². The van der Waals surface area contributed by atoms with Crippen molar-refractivity contribution in [3.05, 3.63) is 34.9 Å². The number of hydrogen-bond donors (Lipinski definition) is 2. The van der Waals surface area contributed by atoms with Gasteiger partial charge in [0.2, 0.25) is 17.2 Å². The summed E-state index contributed by atoms with van der Waals surface area (Å²) in [5.41, 5.74) is 1.47. The van der Waals surface area contributed by atoms with E-state index in [9.17, 15) is 4.39 Å². The van der Waals surface area contributed by atoms with Crippen LogP contribution in [0.25, 0.3) is 0 Å². The highest BCUT2D eigenvalue weighted by atomic mass is 35.5. The zero-order valence-corrected chi connectivity index (χ0v) is 12.0. The van der Waals surface area contributed by atoms with E-state index in [1.807, 2.05) is 13.8 Å². The minimum absolute atomic E-state index is 0.0789. The summed E-state index contributed by atoms with van der Waals surface area (Å²) < 4.78 is 13.2. The normalized spacial score (nSPS) is 10.4. The Morgan fingerprint density at radius 1 is 1.20 bits per heavy atom. The molecule has 7 heteroatoms. The molecule has 5 nitrogen and oxygen atoms in total. The molecule has 2 N–H and O–H groups in total. The van der Waals surface area contributed by atoms with E-state index in [0.29, 0.717) is 11.6 Å². The number of nitrogens with one attached hydrogen (secondary N) is 2. The molecule has 0 saturated carbocycles. The summed E-state index contributed by atoms with van der Waals surface area (Å²) in [7, 11) is 0. The Balaban J connectivity index is 2.24. The van der Waals surface area contributed by atoms with Crippen LogP contribution >= 0.6 is 11.6 Å². The highest BCUT2D eigenvalue weighted by Gasteiger charge is 2.07. The Hall–Kier alpha value is -1.95. The Bertz CT molecular complexity index is 605. The third-order valence-corrected chi connectivity index (χ3v) is 2.76. The quantitative estimate of drug-likeness (QED) is 0.883. The van der Waals surface area contributed by atoms with Crippen LogP contribution in [0.15, 0.2) is 18.2 Å². The van der Waals surface area contributed by atoms with Crippen LogP contribution in [-0.2, 0) is 0 Å². The van der Waals surface area contributed by atoms with Crippen LogP contribution in [0.4, 0.5) is 22.0 Å². The number of benzene rings is 1. The Labute approximate surface area is 121 Å². The first kappa shape index (κ1) is 14.5.